The number of aryl methyl sites for hydroxylation is 2. The second-order valence-electron chi connectivity index (χ2n) is 6.05. The Balaban J connectivity index is 1.84. The average molecular weight is 377 g/mol. The lowest BCUT2D eigenvalue weighted by molar-refractivity contribution is 0.578. The van der Waals surface area contributed by atoms with Gasteiger partial charge in [-0.15, -0.1) is 5.10 Å². The van der Waals surface area contributed by atoms with E-state index in [1.54, 1.807) is 22.2 Å². The molecule has 1 aromatic carbocycles. The summed E-state index contributed by atoms with van der Waals surface area (Å²) >= 11 is 1.56. The molecule has 0 amide bonds. The lowest BCUT2D eigenvalue weighted by atomic mass is 10.0. The number of nitrogens with one attached hydrogen (secondary N) is 1. The van der Waals surface area contributed by atoms with Gasteiger partial charge in [-0.2, -0.15) is 11.3 Å². The van der Waals surface area contributed by atoms with E-state index in [4.69, 9.17) is 0 Å². The van der Waals surface area contributed by atoms with Gasteiger partial charge < -0.3 is 0 Å². The minimum Gasteiger partial charge on any atom is -0.220 e. The summed E-state index contributed by atoms with van der Waals surface area (Å²) in [5.41, 5.74) is 4.95. The zero-order valence-corrected chi connectivity index (χ0v) is 16.2. The summed E-state index contributed by atoms with van der Waals surface area (Å²) in [7, 11) is -3.63. The highest BCUT2D eigenvalue weighted by Crippen LogP contribution is 2.26. The molecule has 0 bridgehead atoms. The number of nitrogens with zero attached hydrogens (tertiary/aromatic N) is 3. The van der Waals surface area contributed by atoms with E-state index in [1.807, 2.05) is 50.6 Å². The minimum absolute atomic E-state index is 0.0956. The van der Waals surface area contributed by atoms with Crippen LogP contribution in [0.25, 0.3) is 5.69 Å². The zero-order valence-electron chi connectivity index (χ0n) is 14.6. The average Bonchev–Trinajstić information content (AvgIpc) is 3.22. The predicted molar refractivity (Wildman–Crippen MR) is 98.7 cm³/mol. The summed E-state index contributed by atoms with van der Waals surface area (Å²) < 4.78 is 29.9. The fourth-order valence-electron chi connectivity index (χ4n) is 2.72. The summed E-state index contributed by atoms with van der Waals surface area (Å²) in [6.07, 6.45) is 1.73. The smallest absolute Gasteiger partial charge is 0.220 e. The number of hydrogen-bond donors (Lipinski definition) is 1. The van der Waals surface area contributed by atoms with Gasteiger partial charge >= 0.3 is 0 Å². The molecular weight excluding hydrogens is 356 g/mol. The van der Waals surface area contributed by atoms with Crippen LogP contribution in [0.3, 0.4) is 0 Å². The number of aromatic nitrogens is 3. The van der Waals surface area contributed by atoms with Gasteiger partial charge in [0.05, 0.1) is 29.0 Å². The monoisotopic (exact) mass is 376 g/mol. The van der Waals surface area contributed by atoms with Crippen molar-refractivity contribution in [2.75, 3.05) is 0 Å². The van der Waals surface area contributed by atoms with Gasteiger partial charge in [0.2, 0.25) is 10.0 Å². The highest BCUT2D eigenvalue weighted by Gasteiger charge is 2.22. The van der Waals surface area contributed by atoms with Crippen LogP contribution in [0, 0.1) is 27.7 Å². The lowest BCUT2D eigenvalue weighted by Crippen LogP contribution is -2.25. The molecule has 0 radical (unpaired) electrons. The molecule has 0 aliphatic carbocycles. The lowest BCUT2D eigenvalue weighted by Gasteiger charge is -2.15. The zero-order chi connectivity index (χ0) is 18.2. The molecule has 132 valence electrons. The van der Waals surface area contributed by atoms with Crippen molar-refractivity contribution in [2.45, 2.75) is 39.1 Å². The van der Waals surface area contributed by atoms with E-state index >= 15 is 0 Å². The molecule has 2 heterocycles. The Bertz CT molecular complexity index is 979. The van der Waals surface area contributed by atoms with E-state index in [0.29, 0.717) is 10.6 Å². The van der Waals surface area contributed by atoms with Crippen molar-refractivity contribution in [3.05, 3.63) is 57.0 Å². The maximum atomic E-state index is 12.8. The van der Waals surface area contributed by atoms with E-state index in [9.17, 15) is 8.42 Å². The Morgan fingerprint density at radius 1 is 1.16 bits per heavy atom. The van der Waals surface area contributed by atoms with Gasteiger partial charge in [-0.3, -0.25) is 0 Å². The molecule has 3 rings (SSSR count). The van der Waals surface area contributed by atoms with Crippen molar-refractivity contribution in [1.29, 1.82) is 0 Å². The van der Waals surface area contributed by atoms with Crippen LogP contribution in [0.1, 0.15) is 27.9 Å². The van der Waals surface area contributed by atoms with Crippen LogP contribution in [-0.2, 0) is 16.6 Å². The van der Waals surface area contributed by atoms with Gasteiger partial charge in [0.25, 0.3) is 0 Å². The van der Waals surface area contributed by atoms with Crippen molar-refractivity contribution in [2.24, 2.45) is 0 Å². The number of thiophene rings is 1. The molecule has 0 unspecified atom stereocenters. The van der Waals surface area contributed by atoms with Crippen LogP contribution in [0.5, 0.6) is 0 Å². The molecule has 0 aliphatic heterocycles. The quantitative estimate of drug-likeness (QED) is 0.742. The fraction of sp³-hybridized carbons (Fsp3) is 0.294. The molecule has 0 spiro atoms. The highest BCUT2D eigenvalue weighted by molar-refractivity contribution is 7.89. The normalized spacial score (nSPS) is 11.8. The third-order valence-corrected chi connectivity index (χ3v) is 6.67. The van der Waals surface area contributed by atoms with Crippen molar-refractivity contribution in [1.82, 2.24) is 19.7 Å². The van der Waals surface area contributed by atoms with Crippen LogP contribution in [0.4, 0.5) is 0 Å². The molecule has 6 nitrogen and oxygen atoms in total. The first-order chi connectivity index (χ1) is 11.8. The van der Waals surface area contributed by atoms with E-state index in [-0.39, 0.29) is 6.54 Å². The number of benzene rings is 1. The molecule has 1 N–H and O–H groups in total. The number of sulfonamides is 1. The summed E-state index contributed by atoms with van der Waals surface area (Å²) in [6, 6.07) is 3.94. The van der Waals surface area contributed by atoms with E-state index in [0.717, 1.165) is 27.9 Å². The van der Waals surface area contributed by atoms with Gasteiger partial charge in [-0.25, -0.2) is 17.8 Å². The first-order valence-electron chi connectivity index (χ1n) is 7.80. The van der Waals surface area contributed by atoms with E-state index < -0.39 is 10.0 Å². The third-order valence-electron chi connectivity index (χ3n) is 4.32. The van der Waals surface area contributed by atoms with Crippen molar-refractivity contribution >= 4 is 21.4 Å². The van der Waals surface area contributed by atoms with Crippen LogP contribution in [0.2, 0.25) is 0 Å². The van der Waals surface area contributed by atoms with Gasteiger partial charge in [-0.1, -0.05) is 11.3 Å². The molecule has 0 saturated heterocycles. The second-order valence-corrected chi connectivity index (χ2v) is 8.53. The molecule has 25 heavy (non-hydrogen) atoms. The second kappa shape index (κ2) is 6.70. The van der Waals surface area contributed by atoms with Crippen LogP contribution >= 0.6 is 11.3 Å². The largest absolute Gasteiger partial charge is 0.241 e. The number of rotatable bonds is 5. The maximum Gasteiger partial charge on any atom is 0.241 e. The first kappa shape index (κ1) is 17.8. The summed E-state index contributed by atoms with van der Waals surface area (Å²) in [5.74, 6) is 0. The van der Waals surface area contributed by atoms with Crippen molar-refractivity contribution in [3.63, 3.8) is 0 Å². The van der Waals surface area contributed by atoms with E-state index in [2.05, 4.69) is 15.0 Å². The maximum absolute atomic E-state index is 12.8. The van der Waals surface area contributed by atoms with Gasteiger partial charge in [-0.05, 0) is 61.4 Å². The SMILES string of the molecule is Cc1cc(C)c(C)c(S(=O)(=O)NCc2cn(-c3ccsc3)nn2)c1C. The molecule has 3 aromatic rings. The highest BCUT2D eigenvalue weighted by atomic mass is 32.2. The third kappa shape index (κ3) is 3.51. The van der Waals surface area contributed by atoms with Crippen LogP contribution in [-0.4, -0.2) is 23.4 Å². The Labute approximate surface area is 151 Å². The Kier molecular flexibility index (Phi) is 4.77. The topological polar surface area (TPSA) is 76.9 Å². The standard InChI is InChI=1S/C17H20N4O2S2/c1-11-7-12(2)14(4)17(13(11)3)25(22,23)18-8-15-9-21(20-19-15)16-5-6-24-10-16/h5-7,9-10,18H,8H2,1-4H3. The molecule has 0 saturated carbocycles. The Morgan fingerprint density at radius 2 is 1.84 bits per heavy atom. The Morgan fingerprint density at radius 3 is 2.44 bits per heavy atom. The fourth-order valence-corrected chi connectivity index (χ4v) is 4.95. The van der Waals surface area contributed by atoms with Gasteiger partial charge in [0.15, 0.2) is 0 Å². The van der Waals surface area contributed by atoms with Gasteiger partial charge in [0.1, 0.15) is 0 Å². The molecule has 2 aromatic heterocycles. The van der Waals surface area contributed by atoms with E-state index in [1.165, 1.54) is 0 Å². The molecule has 0 atom stereocenters. The molecule has 0 aliphatic rings. The van der Waals surface area contributed by atoms with Crippen molar-refractivity contribution < 1.29 is 8.42 Å². The summed E-state index contributed by atoms with van der Waals surface area (Å²) in [5, 5.41) is 12.0. The predicted octanol–water partition coefficient (Wildman–Crippen LogP) is 3.04. The van der Waals surface area contributed by atoms with Crippen molar-refractivity contribution in [3.8, 4) is 5.69 Å². The molecule has 8 heteroatoms. The molecule has 0 fully saturated rings. The number of hydrogen-bond acceptors (Lipinski definition) is 5. The minimum atomic E-state index is -3.63. The molecular formula is C17H20N4O2S2. The van der Waals surface area contributed by atoms with Gasteiger partial charge in [0, 0.05) is 5.38 Å². The van der Waals surface area contributed by atoms with Crippen LogP contribution < -0.4 is 4.72 Å². The summed E-state index contributed by atoms with van der Waals surface area (Å²) in [4.78, 5) is 0.357. The summed E-state index contributed by atoms with van der Waals surface area (Å²) in [6.45, 7) is 7.62. The Hall–Kier alpha value is -2.03. The first-order valence-corrected chi connectivity index (χ1v) is 10.2. The van der Waals surface area contributed by atoms with Crippen LogP contribution in [0.15, 0.2) is 34.0 Å².